The van der Waals surface area contributed by atoms with Crippen molar-refractivity contribution in [2.75, 3.05) is 33.2 Å². The minimum Gasteiger partial charge on any atom is -0.360 e. The summed E-state index contributed by atoms with van der Waals surface area (Å²) in [6.07, 6.45) is 3.47. The van der Waals surface area contributed by atoms with E-state index in [0.717, 1.165) is 19.4 Å². The molecule has 1 saturated heterocycles. The van der Waals surface area contributed by atoms with E-state index in [9.17, 15) is 14.4 Å². The Kier molecular flexibility index (Phi) is 5.68. The highest BCUT2D eigenvalue weighted by atomic mass is 16.2. The van der Waals surface area contributed by atoms with Gasteiger partial charge in [0, 0.05) is 30.2 Å². The molecule has 1 aromatic heterocycles. The van der Waals surface area contributed by atoms with Crippen molar-refractivity contribution >= 4 is 22.7 Å². The molecule has 7 heteroatoms. The van der Waals surface area contributed by atoms with Gasteiger partial charge in [-0.25, -0.2) is 0 Å². The Morgan fingerprint density at radius 2 is 2.12 bits per heavy atom. The Bertz CT molecular complexity index is 859. The summed E-state index contributed by atoms with van der Waals surface area (Å²) in [5.74, 6) is -0.206. The molecule has 2 aromatic rings. The lowest BCUT2D eigenvalue weighted by molar-refractivity contribution is -0.131. The van der Waals surface area contributed by atoms with Gasteiger partial charge in [0.05, 0.1) is 6.54 Å². The van der Waals surface area contributed by atoms with Crippen molar-refractivity contribution < 1.29 is 9.59 Å². The molecule has 3 N–H and O–H groups in total. The largest absolute Gasteiger partial charge is 0.360 e. The average molecular weight is 356 g/mol. The van der Waals surface area contributed by atoms with Gasteiger partial charge in [0.1, 0.15) is 5.56 Å². The highest BCUT2D eigenvalue weighted by molar-refractivity contribution is 5.98. The number of pyridine rings is 1. The number of nitrogens with one attached hydrogen (secondary N) is 3. The van der Waals surface area contributed by atoms with Gasteiger partial charge in [-0.15, -0.1) is 0 Å². The number of hydrogen-bond donors (Lipinski definition) is 3. The number of aromatic nitrogens is 1. The lowest BCUT2D eigenvalue weighted by Gasteiger charge is -2.32. The molecule has 3 rings (SSSR count). The highest BCUT2D eigenvalue weighted by Gasteiger charge is 2.23. The van der Waals surface area contributed by atoms with E-state index < -0.39 is 5.91 Å². The van der Waals surface area contributed by atoms with Gasteiger partial charge in [0.2, 0.25) is 11.3 Å². The molecule has 7 nitrogen and oxygen atoms in total. The second-order valence-electron chi connectivity index (χ2n) is 6.67. The molecule has 0 spiro atoms. The number of likely N-dealkylation sites (tertiary alicyclic amines) is 1. The van der Waals surface area contributed by atoms with E-state index in [4.69, 9.17) is 0 Å². The van der Waals surface area contributed by atoms with Crippen molar-refractivity contribution in [2.24, 2.45) is 5.92 Å². The maximum atomic E-state index is 12.4. The van der Waals surface area contributed by atoms with Gasteiger partial charge in [0.15, 0.2) is 0 Å². The van der Waals surface area contributed by atoms with Crippen LogP contribution in [0.4, 0.5) is 0 Å². The number of fused-ring (bicyclic) bond motifs is 1. The first-order chi connectivity index (χ1) is 12.6. The Hall–Kier alpha value is -2.67. The number of benzene rings is 1. The minimum atomic E-state index is -0.533. The number of carbonyl (C=O) groups is 2. The van der Waals surface area contributed by atoms with Gasteiger partial charge >= 0.3 is 0 Å². The number of amides is 2. The molecule has 0 saturated carbocycles. The third-order valence-corrected chi connectivity index (χ3v) is 4.80. The monoisotopic (exact) mass is 356 g/mol. The molecule has 2 amide bonds. The molecule has 26 heavy (non-hydrogen) atoms. The number of piperidine rings is 1. The molecule has 1 aromatic carbocycles. The molecule has 1 fully saturated rings. The van der Waals surface area contributed by atoms with E-state index in [1.54, 1.807) is 23.1 Å². The number of aromatic amines is 1. The lowest BCUT2D eigenvalue weighted by Crippen LogP contribution is -2.46. The fourth-order valence-corrected chi connectivity index (χ4v) is 3.45. The maximum Gasteiger partial charge on any atom is 0.257 e. The number of rotatable bonds is 5. The summed E-state index contributed by atoms with van der Waals surface area (Å²) >= 11 is 0. The fraction of sp³-hybridized carbons (Fsp3) is 0.421. The predicted octanol–water partition coefficient (Wildman–Crippen LogP) is 0.716. The van der Waals surface area contributed by atoms with Crippen LogP contribution in [0.2, 0.25) is 0 Å². The summed E-state index contributed by atoms with van der Waals surface area (Å²) in [7, 11) is 1.90. The van der Waals surface area contributed by atoms with Crippen molar-refractivity contribution in [1.29, 1.82) is 0 Å². The summed E-state index contributed by atoms with van der Waals surface area (Å²) in [5, 5.41) is 6.18. The van der Waals surface area contributed by atoms with Gasteiger partial charge in [-0.1, -0.05) is 12.1 Å². The molecular formula is C19H24N4O3. The highest BCUT2D eigenvalue weighted by Crippen LogP contribution is 2.15. The van der Waals surface area contributed by atoms with Crippen LogP contribution >= 0.6 is 0 Å². The van der Waals surface area contributed by atoms with E-state index in [-0.39, 0.29) is 23.4 Å². The smallest absolute Gasteiger partial charge is 0.257 e. The first kappa shape index (κ1) is 18.1. The van der Waals surface area contributed by atoms with Crippen LogP contribution in [0.25, 0.3) is 10.9 Å². The van der Waals surface area contributed by atoms with Crippen LogP contribution in [-0.2, 0) is 4.79 Å². The number of nitrogens with zero attached hydrogens (tertiary/aromatic N) is 1. The molecule has 0 aliphatic carbocycles. The summed E-state index contributed by atoms with van der Waals surface area (Å²) in [6, 6.07) is 7.02. The van der Waals surface area contributed by atoms with E-state index >= 15 is 0 Å². The third kappa shape index (κ3) is 3.94. The van der Waals surface area contributed by atoms with Crippen LogP contribution in [0.3, 0.4) is 0 Å². The van der Waals surface area contributed by atoms with E-state index in [1.807, 2.05) is 13.1 Å². The standard InChI is InChI=1S/C19H24N4O3/c1-20-9-13-5-4-8-23(12-13)17(24)11-22-19(26)15-10-21-16-7-3-2-6-14(16)18(15)25/h2-3,6-7,10,13,20H,4-5,8-9,11-12H2,1H3,(H,21,25)(H,22,26). The molecule has 1 unspecified atom stereocenters. The normalized spacial score (nSPS) is 17.3. The van der Waals surface area contributed by atoms with E-state index in [2.05, 4.69) is 15.6 Å². The van der Waals surface area contributed by atoms with Gasteiger partial charge in [0.25, 0.3) is 5.91 Å². The quantitative estimate of drug-likeness (QED) is 0.736. The summed E-state index contributed by atoms with van der Waals surface area (Å²) < 4.78 is 0. The third-order valence-electron chi connectivity index (χ3n) is 4.80. The average Bonchev–Trinajstić information content (AvgIpc) is 2.67. The molecule has 138 valence electrons. The van der Waals surface area contributed by atoms with Crippen molar-refractivity contribution in [1.82, 2.24) is 20.5 Å². The van der Waals surface area contributed by atoms with Crippen LogP contribution in [0.1, 0.15) is 23.2 Å². The Morgan fingerprint density at radius 3 is 2.92 bits per heavy atom. The van der Waals surface area contributed by atoms with Crippen molar-refractivity contribution in [2.45, 2.75) is 12.8 Å². The van der Waals surface area contributed by atoms with Crippen LogP contribution in [-0.4, -0.2) is 54.9 Å². The van der Waals surface area contributed by atoms with Crippen LogP contribution in [0.5, 0.6) is 0 Å². The van der Waals surface area contributed by atoms with Gasteiger partial charge in [-0.2, -0.15) is 0 Å². The van der Waals surface area contributed by atoms with Gasteiger partial charge < -0.3 is 20.5 Å². The zero-order valence-electron chi connectivity index (χ0n) is 14.9. The predicted molar refractivity (Wildman–Crippen MR) is 100 cm³/mol. The fourth-order valence-electron chi connectivity index (χ4n) is 3.45. The summed E-state index contributed by atoms with van der Waals surface area (Å²) in [6.45, 7) is 2.19. The SMILES string of the molecule is CNCC1CCCN(C(=O)CNC(=O)c2c[nH]c3ccccc3c2=O)C1. The summed E-state index contributed by atoms with van der Waals surface area (Å²) in [4.78, 5) is 41.9. The van der Waals surface area contributed by atoms with E-state index in [0.29, 0.717) is 29.9 Å². The molecule has 1 aliphatic heterocycles. The van der Waals surface area contributed by atoms with Crippen LogP contribution < -0.4 is 16.1 Å². The number of carbonyl (C=O) groups excluding carboxylic acids is 2. The van der Waals surface area contributed by atoms with Crippen LogP contribution in [0.15, 0.2) is 35.3 Å². The lowest BCUT2D eigenvalue weighted by atomic mass is 9.98. The number of para-hydroxylation sites is 1. The van der Waals surface area contributed by atoms with E-state index in [1.165, 1.54) is 6.20 Å². The Balaban J connectivity index is 1.63. The molecule has 2 heterocycles. The Morgan fingerprint density at radius 1 is 1.31 bits per heavy atom. The topological polar surface area (TPSA) is 94.3 Å². The van der Waals surface area contributed by atoms with Gasteiger partial charge in [-0.3, -0.25) is 14.4 Å². The summed E-state index contributed by atoms with van der Waals surface area (Å²) in [5.41, 5.74) is 0.355. The minimum absolute atomic E-state index is 0.0169. The second-order valence-corrected chi connectivity index (χ2v) is 6.67. The van der Waals surface area contributed by atoms with Gasteiger partial charge in [-0.05, 0) is 44.5 Å². The molecule has 0 radical (unpaired) electrons. The van der Waals surface area contributed by atoms with Crippen molar-refractivity contribution in [3.05, 3.63) is 46.2 Å². The zero-order chi connectivity index (χ0) is 18.5. The second kappa shape index (κ2) is 8.14. The first-order valence-corrected chi connectivity index (χ1v) is 8.91. The molecule has 1 aliphatic rings. The zero-order valence-corrected chi connectivity index (χ0v) is 14.9. The van der Waals surface area contributed by atoms with Crippen molar-refractivity contribution in [3.8, 4) is 0 Å². The van der Waals surface area contributed by atoms with Crippen molar-refractivity contribution in [3.63, 3.8) is 0 Å². The number of H-pyrrole nitrogens is 1. The molecular weight excluding hydrogens is 332 g/mol. The van der Waals surface area contributed by atoms with Crippen LogP contribution in [0, 0.1) is 5.92 Å². The number of hydrogen-bond acceptors (Lipinski definition) is 4. The molecule has 0 bridgehead atoms. The Labute approximate surface area is 151 Å². The first-order valence-electron chi connectivity index (χ1n) is 8.91. The molecule has 1 atom stereocenters. The maximum absolute atomic E-state index is 12.4.